The second-order valence-corrected chi connectivity index (χ2v) is 4.36. The predicted molar refractivity (Wildman–Crippen MR) is 60.5 cm³/mol. The highest BCUT2D eigenvalue weighted by Gasteiger charge is 2.17. The van der Waals surface area contributed by atoms with Crippen molar-refractivity contribution in [2.75, 3.05) is 19.6 Å². The van der Waals surface area contributed by atoms with E-state index in [1.807, 2.05) is 18.7 Å². The molecule has 0 spiro atoms. The third kappa shape index (κ3) is 3.32. The first kappa shape index (κ1) is 10.6. The molecule has 2 N–H and O–H groups in total. The molecule has 1 aromatic rings. The third-order valence-corrected chi connectivity index (χ3v) is 3.01. The molecule has 0 aliphatic carbocycles. The number of hydrogen-bond acceptors (Lipinski definition) is 3. The fraction of sp³-hybridized carbons (Fsp3) is 0.727. The van der Waals surface area contributed by atoms with E-state index in [1.165, 1.54) is 32.4 Å². The first-order chi connectivity index (χ1) is 7.34. The molecule has 0 saturated carbocycles. The molecule has 84 valence electrons. The molecule has 0 amide bonds. The van der Waals surface area contributed by atoms with Crippen LogP contribution in [0.3, 0.4) is 0 Å². The van der Waals surface area contributed by atoms with Crippen LogP contribution in [0.4, 0.5) is 0 Å². The molecule has 1 atom stereocenters. The lowest BCUT2D eigenvalue weighted by Gasteiger charge is -2.14. The molecular weight excluding hydrogens is 188 g/mol. The van der Waals surface area contributed by atoms with Crippen molar-refractivity contribution in [3.05, 3.63) is 18.7 Å². The highest BCUT2D eigenvalue weighted by atomic mass is 15.2. The summed E-state index contributed by atoms with van der Waals surface area (Å²) < 4.78 is 2.13. The minimum Gasteiger partial charge on any atom is -0.337 e. The van der Waals surface area contributed by atoms with Crippen LogP contribution in [-0.4, -0.2) is 40.1 Å². The van der Waals surface area contributed by atoms with E-state index >= 15 is 0 Å². The van der Waals surface area contributed by atoms with Gasteiger partial charge in [-0.1, -0.05) is 0 Å². The molecule has 0 bridgehead atoms. The van der Waals surface area contributed by atoms with Gasteiger partial charge in [-0.2, -0.15) is 0 Å². The van der Waals surface area contributed by atoms with Gasteiger partial charge in [0.15, 0.2) is 0 Å². The maximum absolute atomic E-state index is 5.85. The van der Waals surface area contributed by atoms with Crippen LogP contribution < -0.4 is 5.73 Å². The fourth-order valence-electron chi connectivity index (χ4n) is 2.11. The Hall–Kier alpha value is -0.870. The normalized spacial score (nSPS) is 22.3. The molecule has 1 unspecified atom stereocenters. The van der Waals surface area contributed by atoms with Crippen LogP contribution in [0, 0.1) is 0 Å². The van der Waals surface area contributed by atoms with Gasteiger partial charge in [0.2, 0.25) is 0 Å². The first-order valence-electron chi connectivity index (χ1n) is 5.78. The summed E-state index contributed by atoms with van der Waals surface area (Å²) in [5.74, 6) is 0. The molecule has 2 rings (SSSR count). The van der Waals surface area contributed by atoms with Crippen molar-refractivity contribution in [2.24, 2.45) is 5.73 Å². The van der Waals surface area contributed by atoms with Crippen molar-refractivity contribution in [1.29, 1.82) is 0 Å². The van der Waals surface area contributed by atoms with E-state index in [-0.39, 0.29) is 0 Å². The number of aryl methyl sites for hydroxylation is 1. The molecule has 1 aromatic heterocycles. The van der Waals surface area contributed by atoms with Gasteiger partial charge in [0.1, 0.15) is 0 Å². The van der Waals surface area contributed by atoms with Crippen LogP contribution in [0.15, 0.2) is 18.7 Å². The summed E-state index contributed by atoms with van der Waals surface area (Å²) in [7, 11) is 0. The summed E-state index contributed by atoms with van der Waals surface area (Å²) in [6.45, 7) is 4.56. The molecule has 1 aliphatic heterocycles. The minimum atomic E-state index is 0.415. The number of imidazole rings is 1. The van der Waals surface area contributed by atoms with E-state index in [0.29, 0.717) is 6.04 Å². The molecular formula is C11H20N4. The maximum Gasteiger partial charge on any atom is 0.0945 e. The van der Waals surface area contributed by atoms with Crippen LogP contribution in [0.5, 0.6) is 0 Å². The number of nitrogens with zero attached hydrogens (tertiary/aromatic N) is 3. The zero-order chi connectivity index (χ0) is 10.5. The highest BCUT2D eigenvalue weighted by molar-refractivity contribution is 4.78. The number of aromatic nitrogens is 2. The summed E-state index contributed by atoms with van der Waals surface area (Å²) in [5, 5.41) is 0. The van der Waals surface area contributed by atoms with E-state index in [0.717, 1.165) is 13.1 Å². The summed E-state index contributed by atoms with van der Waals surface area (Å²) in [4.78, 5) is 6.50. The molecule has 0 radical (unpaired) electrons. The van der Waals surface area contributed by atoms with Gasteiger partial charge in [0.05, 0.1) is 6.33 Å². The van der Waals surface area contributed by atoms with E-state index in [2.05, 4.69) is 14.5 Å². The Morgan fingerprint density at radius 1 is 1.33 bits per heavy atom. The van der Waals surface area contributed by atoms with Crippen molar-refractivity contribution < 1.29 is 0 Å². The third-order valence-electron chi connectivity index (χ3n) is 3.01. The van der Waals surface area contributed by atoms with Crippen LogP contribution >= 0.6 is 0 Å². The smallest absolute Gasteiger partial charge is 0.0945 e. The van der Waals surface area contributed by atoms with Crippen LogP contribution in [0.1, 0.15) is 19.3 Å². The second-order valence-electron chi connectivity index (χ2n) is 4.36. The zero-order valence-electron chi connectivity index (χ0n) is 9.18. The van der Waals surface area contributed by atoms with Gasteiger partial charge < -0.3 is 15.2 Å². The summed E-state index contributed by atoms with van der Waals surface area (Å²) in [5.41, 5.74) is 5.85. The lowest BCUT2D eigenvalue weighted by atomic mass is 10.3. The molecule has 0 aromatic carbocycles. The SMILES string of the molecule is NC1CCN(CCCCn2ccnc2)C1. The predicted octanol–water partition coefficient (Wildman–Crippen LogP) is 0.696. The number of nitrogens with two attached hydrogens (primary N) is 1. The van der Waals surface area contributed by atoms with Crippen molar-refractivity contribution in [3.8, 4) is 0 Å². The first-order valence-corrected chi connectivity index (χ1v) is 5.78. The van der Waals surface area contributed by atoms with Gasteiger partial charge in [-0.05, 0) is 32.4 Å². The van der Waals surface area contributed by atoms with Crippen molar-refractivity contribution in [1.82, 2.24) is 14.5 Å². The largest absolute Gasteiger partial charge is 0.337 e. The lowest BCUT2D eigenvalue weighted by molar-refractivity contribution is 0.322. The van der Waals surface area contributed by atoms with Crippen LogP contribution in [0.25, 0.3) is 0 Å². The number of hydrogen-bond donors (Lipinski definition) is 1. The standard InChI is InChI=1S/C11H20N4/c12-11-3-7-14(9-11)5-1-2-6-15-8-4-13-10-15/h4,8,10-11H,1-3,5-7,9,12H2. The minimum absolute atomic E-state index is 0.415. The Labute approximate surface area is 91.1 Å². The van der Waals surface area contributed by atoms with Crippen molar-refractivity contribution >= 4 is 0 Å². The van der Waals surface area contributed by atoms with Gasteiger partial charge in [0.25, 0.3) is 0 Å². The molecule has 4 heteroatoms. The number of unbranched alkanes of at least 4 members (excludes halogenated alkanes) is 1. The van der Waals surface area contributed by atoms with Gasteiger partial charge in [-0.3, -0.25) is 0 Å². The topological polar surface area (TPSA) is 47.1 Å². The van der Waals surface area contributed by atoms with Crippen molar-refractivity contribution in [2.45, 2.75) is 31.8 Å². The summed E-state index contributed by atoms with van der Waals surface area (Å²) >= 11 is 0. The van der Waals surface area contributed by atoms with E-state index in [4.69, 9.17) is 5.73 Å². The van der Waals surface area contributed by atoms with E-state index in [9.17, 15) is 0 Å². The Bertz CT molecular complexity index is 270. The Morgan fingerprint density at radius 2 is 2.20 bits per heavy atom. The average molecular weight is 208 g/mol. The molecule has 1 aliphatic rings. The number of likely N-dealkylation sites (tertiary alicyclic amines) is 1. The Morgan fingerprint density at radius 3 is 2.87 bits per heavy atom. The van der Waals surface area contributed by atoms with Gasteiger partial charge in [-0.15, -0.1) is 0 Å². The average Bonchev–Trinajstić information content (AvgIpc) is 2.84. The zero-order valence-corrected chi connectivity index (χ0v) is 9.18. The van der Waals surface area contributed by atoms with Gasteiger partial charge in [-0.25, -0.2) is 4.98 Å². The van der Waals surface area contributed by atoms with Crippen LogP contribution in [0.2, 0.25) is 0 Å². The maximum atomic E-state index is 5.85. The van der Waals surface area contributed by atoms with E-state index in [1.54, 1.807) is 0 Å². The lowest BCUT2D eigenvalue weighted by Crippen LogP contribution is -2.27. The Kier molecular flexibility index (Phi) is 3.75. The molecule has 1 saturated heterocycles. The monoisotopic (exact) mass is 208 g/mol. The second kappa shape index (κ2) is 5.28. The summed E-state index contributed by atoms with van der Waals surface area (Å²) in [6, 6.07) is 0.415. The number of rotatable bonds is 5. The van der Waals surface area contributed by atoms with Crippen molar-refractivity contribution in [3.63, 3.8) is 0 Å². The van der Waals surface area contributed by atoms with Gasteiger partial charge >= 0.3 is 0 Å². The highest BCUT2D eigenvalue weighted by Crippen LogP contribution is 2.08. The van der Waals surface area contributed by atoms with Gasteiger partial charge in [0, 0.05) is 31.5 Å². The van der Waals surface area contributed by atoms with Crippen LogP contribution in [-0.2, 0) is 6.54 Å². The molecule has 2 heterocycles. The molecule has 4 nitrogen and oxygen atoms in total. The fourth-order valence-corrected chi connectivity index (χ4v) is 2.11. The molecule has 1 fully saturated rings. The molecule has 15 heavy (non-hydrogen) atoms. The van der Waals surface area contributed by atoms with E-state index < -0.39 is 0 Å². The summed E-state index contributed by atoms with van der Waals surface area (Å²) in [6.07, 6.45) is 9.38. The quantitative estimate of drug-likeness (QED) is 0.724. The Balaban J connectivity index is 1.55.